The number of rotatable bonds is 21. The number of nitrogens with one attached hydrogen (secondary N) is 2. The Kier molecular flexibility index (Phi) is 21.9. The Morgan fingerprint density at radius 1 is 0.766 bits per heavy atom. The number of anilines is 2. The van der Waals surface area contributed by atoms with Gasteiger partial charge in [0.25, 0.3) is 10.9 Å². The Morgan fingerprint density at radius 3 is 1.77 bits per heavy atom. The van der Waals surface area contributed by atoms with Crippen LogP contribution in [0.25, 0.3) is 0 Å². The Labute approximate surface area is 305 Å². The Morgan fingerprint density at radius 2 is 1.26 bits per heavy atom. The van der Waals surface area contributed by atoms with E-state index in [0.29, 0.717) is 52.2 Å². The number of hydrogen-bond donors (Lipinski definition) is 2. The monoisotopic (exact) mass is 811 g/mol. The normalized spacial score (nSPS) is 16.8. The molecule has 265 valence electrons. The van der Waals surface area contributed by atoms with E-state index in [-0.39, 0.29) is 123 Å². The van der Waals surface area contributed by atoms with Gasteiger partial charge in [0.1, 0.15) is 17.7 Å². The fraction of sp³-hybridized carbons (Fsp3) is 0.724. The van der Waals surface area contributed by atoms with Gasteiger partial charge in [0.05, 0.1) is 44.3 Å². The minimum absolute atomic E-state index is 0. The van der Waals surface area contributed by atoms with Gasteiger partial charge in [-0.25, -0.2) is 0 Å². The fourth-order valence-electron chi connectivity index (χ4n) is 5.13. The van der Waals surface area contributed by atoms with Gasteiger partial charge in [-0.2, -0.15) is 0 Å². The summed E-state index contributed by atoms with van der Waals surface area (Å²) in [6.45, 7) is 5.15. The van der Waals surface area contributed by atoms with Crippen molar-refractivity contribution in [1.82, 2.24) is 19.6 Å². The van der Waals surface area contributed by atoms with E-state index in [4.69, 9.17) is 9.47 Å². The number of nitrogens with zero attached hydrogens (tertiary/aromatic N) is 4. The zero-order valence-corrected chi connectivity index (χ0v) is 29.0. The number of hydrogen-bond acceptors (Lipinski definition) is 17. The van der Waals surface area contributed by atoms with Crippen molar-refractivity contribution in [3.8, 4) is 0 Å². The van der Waals surface area contributed by atoms with Crippen LogP contribution in [0.4, 0.5) is 11.4 Å². The van der Waals surface area contributed by atoms with E-state index in [2.05, 4.69) is 10.6 Å². The molecule has 47 heavy (non-hydrogen) atoms. The summed E-state index contributed by atoms with van der Waals surface area (Å²) in [6, 6.07) is -1.07. The summed E-state index contributed by atoms with van der Waals surface area (Å²) in [7, 11) is 0. The SMILES string of the molecule is CCOCCOCCNc1c(NCCCC(C(=O)[O-])N2CCN(CC=O)CCN(CC(=O)[O-])CCN(CC(=O)[O-])CC2)c(=O)c1=O.[Gd+3]. The van der Waals surface area contributed by atoms with E-state index in [9.17, 15) is 44.1 Å². The van der Waals surface area contributed by atoms with Crippen LogP contribution in [0.2, 0.25) is 0 Å². The van der Waals surface area contributed by atoms with E-state index in [1.54, 1.807) is 19.6 Å². The summed E-state index contributed by atoms with van der Waals surface area (Å²) in [6.07, 6.45) is 1.13. The first-order valence-electron chi connectivity index (χ1n) is 15.5. The molecule has 0 spiro atoms. The number of ether oxygens (including phenoxy) is 2. The van der Waals surface area contributed by atoms with Crippen molar-refractivity contribution in [2.24, 2.45) is 0 Å². The third-order valence-corrected chi connectivity index (χ3v) is 7.61. The zero-order valence-electron chi connectivity index (χ0n) is 26.7. The first-order chi connectivity index (χ1) is 22.1. The Bertz CT molecular complexity index is 1180. The van der Waals surface area contributed by atoms with Gasteiger partial charge in [0.15, 0.2) is 0 Å². The molecule has 1 aliphatic heterocycles. The van der Waals surface area contributed by atoms with Crippen LogP contribution in [-0.4, -0.2) is 161 Å². The number of aliphatic carboxylic acids is 3. The first kappa shape index (κ1) is 42.9. The van der Waals surface area contributed by atoms with E-state index in [0.717, 1.165) is 0 Å². The van der Waals surface area contributed by atoms with Gasteiger partial charge in [-0.3, -0.25) is 29.2 Å². The maximum atomic E-state index is 12.3. The van der Waals surface area contributed by atoms with E-state index < -0.39 is 41.4 Å². The van der Waals surface area contributed by atoms with Crippen LogP contribution in [0, 0.1) is 39.9 Å². The second kappa shape index (κ2) is 24.1. The van der Waals surface area contributed by atoms with Crippen LogP contribution in [0.1, 0.15) is 19.8 Å². The molecule has 1 aliphatic rings. The van der Waals surface area contributed by atoms with Gasteiger partial charge >= 0.3 is 39.9 Å². The van der Waals surface area contributed by atoms with Crippen molar-refractivity contribution in [3.05, 3.63) is 20.4 Å². The van der Waals surface area contributed by atoms with E-state index >= 15 is 0 Å². The minimum atomic E-state index is -1.33. The molecule has 1 saturated heterocycles. The molecule has 1 aromatic rings. The third-order valence-electron chi connectivity index (χ3n) is 7.61. The molecule has 1 fully saturated rings. The number of aldehydes is 1. The van der Waals surface area contributed by atoms with E-state index in [1.807, 2.05) is 6.92 Å². The van der Waals surface area contributed by atoms with Crippen LogP contribution < -0.4 is 36.8 Å². The third kappa shape index (κ3) is 16.2. The van der Waals surface area contributed by atoms with Crippen LogP contribution in [0.3, 0.4) is 0 Å². The molecule has 18 heteroatoms. The molecule has 1 unspecified atom stereocenters. The van der Waals surface area contributed by atoms with Gasteiger partial charge in [-0.15, -0.1) is 0 Å². The van der Waals surface area contributed by atoms with Gasteiger partial charge in [-0.1, -0.05) is 0 Å². The molecule has 17 nitrogen and oxygen atoms in total. The Balaban J connectivity index is 0.0000110. The second-order valence-corrected chi connectivity index (χ2v) is 10.8. The van der Waals surface area contributed by atoms with Crippen LogP contribution in [0.15, 0.2) is 9.59 Å². The first-order valence-corrected chi connectivity index (χ1v) is 15.5. The van der Waals surface area contributed by atoms with Crippen molar-refractivity contribution >= 4 is 35.6 Å². The zero-order chi connectivity index (χ0) is 33.9. The second-order valence-electron chi connectivity index (χ2n) is 10.8. The fourth-order valence-corrected chi connectivity index (χ4v) is 5.13. The molecule has 1 atom stereocenters. The summed E-state index contributed by atoms with van der Waals surface area (Å²) >= 11 is 0. The van der Waals surface area contributed by atoms with Gasteiger partial charge in [-0.05, 0) is 19.8 Å². The van der Waals surface area contributed by atoms with Crippen LogP contribution >= 0.6 is 0 Å². The van der Waals surface area contributed by atoms with Crippen molar-refractivity contribution in [2.45, 2.75) is 25.8 Å². The number of carbonyl (C=O) groups is 4. The number of carbonyl (C=O) groups excluding carboxylic acids is 4. The van der Waals surface area contributed by atoms with Crippen molar-refractivity contribution in [3.63, 3.8) is 0 Å². The topological polar surface area (TPSA) is 227 Å². The smallest absolute Gasteiger partial charge is 0.549 e. The summed E-state index contributed by atoms with van der Waals surface area (Å²) in [5, 5.41) is 40.7. The van der Waals surface area contributed by atoms with Crippen molar-refractivity contribution in [2.75, 3.05) is 122 Å². The molecule has 0 bridgehead atoms. The molecule has 0 saturated carbocycles. The van der Waals surface area contributed by atoms with Crippen LogP contribution in [0.5, 0.6) is 0 Å². The summed E-state index contributed by atoms with van der Waals surface area (Å²) in [5.41, 5.74) is -1.03. The Hall–Kier alpha value is -2.16. The molecular formula is C29H45GdN6O11. The predicted molar refractivity (Wildman–Crippen MR) is 161 cm³/mol. The average molecular weight is 811 g/mol. The van der Waals surface area contributed by atoms with Gasteiger partial charge < -0.3 is 54.6 Å². The van der Waals surface area contributed by atoms with Crippen LogP contribution in [-0.2, 0) is 28.7 Å². The summed E-state index contributed by atoms with van der Waals surface area (Å²) in [5.74, 6) is -3.94. The number of carboxylic acids is 3. The van der Waals surface area contributed by atoms with Gasteiger partial charge in [0.2, 0.25) is 0 Å². The summed E-state index contributed by atoms with van der Waals surface area (Å²) in [4.78, 5) is 77.0. The molecule has 0 amide bonds. The van der Waals surface area contributed by atoms with E-state index in [1.165, 1.54) is 0 Å². The quantitative estimate of drug-likeness (QED) is 0.0669. The summed E-state index contributed by atoms with van der Waals surface area (Å²) < 4.78 is 10.6. The molecule has 0 aromatic heterocycles. The molecule has 1 aromatic carbocycles. The molecule has 2 N–H and O–H groups in total. The molecule has 1 heterocycles. The number of carboxylic acid groups (broad SMARTS) is 3. The molecule has 2 rings (SSSR count). The molecule has 0 aliphatic carbocycles. The standard InChI is InChI=1S/C29H48N6O11.Gd/c1-2-45-18-19-46-17-6-31-26-25(27(41)28(26)42)30-5-3-4-22(29(43)44)35-13-11-32(15-16-36)7-8-33(20-23(37)38)9-10-34(12-14-35)21-24(39)40;/h16,22,30-31H,2-15,17-21H2,1H3,(H,37,38)(H,39,40)(H,43,44);/q;+3/p-3. The minimum Gasteiger partial charge on any atom is -0.549 e. The maximum absolute atomic E-state index is 12.3. The predicted octanol–water partition coefficient (Wildman–Crippen LogP) is -6.02. The largest absolute Gasteiger partial charge is 3.00 e. The molecule has 1 radical (unpaired) electrons. The average Bonchev–Trinajstić information content (AvgIpc) is 3.00. The van der Waals surface area contributed by atoms with Gasteiger partial charge in [0, 0.05) is 91.2 Å². The van der Waals surface area contributed by atoms with Crippen molar-refractivity contribution < 1.29 is 83.9 Å². The van der Waals surface area contributed by atoms with Crippen molar-refractivity contribution in [1.29, 1.82) is 0 Å². The maximum Gasteiger partial charge on any atom is 3.00 e. The molecular weight excluding hydrogens is 766 g/mol.